The van der Waals surface area contributed by atoms with Crippen molar-refractivity contribution in [1.29, 1.82) is 0 Å². The molecule has 0 bridgehead atoms. The SMILES string of the molecule is O=C(/C=C/c1ccc2c(c1)nc(CCc1ccccc1)n2CCCN1CCOCC1)NO. The molecule has 1 aromatic heterocycles. The molecule has 0 unspecified atom stereocenters. The third kappa shape index (κ3) is 5.82. The summed E-state index contributed by atoms with van der Waals surface area (Å²) < 4.78 is 7.79. The van der Waals surface area contributed by atoms with Gasteiger partial charge in [0.2, 0.25) is 0 Å². The van der Waals surface area contributed by atoms with Gasteiger partial charge in [-0.15, -0.1) is 0 Å². The van der Waals surface area contributed by atoms with Crippen LogP contribution in [0.1, 0.15) is 23.4 Å². The first-order valence-corrected chi connectivity index (χ1v) is 11.2. The van der Waals surface area contributed by atoms with Crippen LogP contribution in [0.15, 0.2) is 54.6 Å². The van der Waals surface area contributed by atoms with E-state index in [-0.39, 0.29) is 0 Å². The van der Waals surface area contributed by atoms with Crippen LogP contribution in [-0.2, 0) is 28.9 Å². The lowest BCUT2D eigenvalue weighted by atomic mass is 10.1. The molecule has 1 aliphatic rings. The average Bonchev–Trinajstić information content (AvgIpc) is 3.19. The second kappa shape index (κ2) is 11.0. The van der Waals surface area contributed by atoms with Crippen LogP contribution in [0.25, 0.3) is 17.1 Å². The van der Waals surface area contributed by atoms with E-state index in [9.17, 15) is 4.79 Å². The zero-order valence-corrected chi connectivity index (χ0v) is 18.2. The predicted molar refractivity (Wildman–Crippen MR) is 124 cm³/mol. The molecule has 0 saturated carbocycles. The first-order chi connectivity index (χ1) is 15.7. The Kier molecular flexibility index (Phi) is 7.66. The van der Waals surface area contributed by atoms with Crippen molar-refractivity contribution in [3.05, 3.63) is 71.6 Å². The molecule has 1 fully saturated rings. The summed E-state index contributed by atoms with van der Waals surface area (Å²) in [6, 6.07) is 16.5. The van der Waals surface area contributed by atoms with E-state index < -0.39 is 5.91 Å². The molecule has 32 heavy (non-hydrogen) atoms. The largest absolute Gasteiger partial charge is 0.379 e. The van der Waals surface area contributed by atoms with Gasteiger partial charge in [-0.3, -0.25) is 14.9 Å². The van der Waals surface area contributed by atoms with Gasteiger partial charge in [0.05, 0.1) is 24.2 Å². The van der Waals surface area contributed by atoms with Crippen LogP contribution >= 0.6 is 0 Å². The number of imidazole rings is 1. The van der Waals surface area contributed by atoms with Gasteiger partial charge in [-0.2, -0.15) is 0 Å². The Bertz CT molecular complexity index is 1060. The van der Waals surface area contributed by atoms with E-state index in [1.165, 1.54) is 11.6 Å². The van der Waals surface area contributed by atoms with E-state index in [0.29, 0.717) is 0 Å². The molecule has 7 nitrogen and oxygen atoms in total. The smallest absolute Gasteiger partial charge is 0.267 e. The first kappa shape index (κ1) is 22.2. The number of carbonyl (C=O) groups excluding carboxylic acids is 1. The van der Waals surface area contributed by atoms with Crippen molar-refractivity contribution in [2.75, 3.05) is 32.8 Å². The number of aromatic nitrogens is 2. The van der Waals surface area contributed by atoms with Gasteiger partial charge in [0, 0.05) is 38.7 Å². The number of rotatable bonds is 9. The number of aryl methyl sites for hydroxylation is 3. The van der Waals surface area contributed by atoms with Gasteiger partial charge < -0.3 is 9.30 Å². The van der Waals surface area contributed by atoms with Crippen LogP contribution in [0.2, 0.25) is 0 Å². The minimum absolute atomic E-state index is 0.553. The molecular weight excluding hydrogens is 404 g/mol. The molecule has 168 valence electrons. The molecule has 0 spiro atoms. The lowest BCUT2D eigenvalue weighted by molar-refractivity contribution is -0.124. The number of hydrogen-bond donors (Lipinski definition) is 2. The van der Waals surface area contributed by atoms with Gasteiger partial charge >= 0.3 is 0 Å². The molecule has 1 amide bonds. The Labute approximate surface area is 188 Å². The highest BCUT2D eigenvalue weighted by Gasteiger charge is 2.13. The van der Waals surface area contributed by atoms with E-state index in [4.69, 9.17) is 14.9 Å². The fourth-order valence-electron chi connectivity index (χ4n) is 4.13. The van der Waals surface area contributed by atoms with Crippen molar-refractivity contribution in [1.82, 2.24) is 19.9 Å². The van der Waals surface area contributed by atoms with Crippen LogP contribution in [0, 0.1) is 0 Å². The summed E-state index contributed by atoms with van der Waals surface area (Å²) in [6.07, 6.45) is 5.84. The van der Waals surface area contributed by atoms with Crippen molar-refractivity contribution in [3.63, 3.8) is 0 Å². The van der Waals surface area contributed by atoms with Crippen molar-refractivity contribution < 1.29 is 14.7 Å². The molecule has 2 heterocycles. The Morgan fingerprint density at radius 3 is 2.69 bits per heavy atom. The highest BCUT2D eigenvalue weighted by molar-refractivity contribution is 5.91. The molecule has 2 aromatic carbocycles. The Balaban J connectivity index is 1.53. The van der Waals surface area contributed by atoms with E-state index in [2.05, 4.69) is 39.8 Å². The number of hydroxylamine groups is 1. The summed E-state index contributed by atoms with van der Waals surface area (Å²) >= 11 is 0. The monoisotopic (exact) mass is 434 g/mol. The van der Waals surface area contributed by atoms with Crippen LogP contribution < -0.4 is 5.48 Å². The predicted octanol–water partition coefficient (Wildman–Crippen LogP) is 3.06. The van der Waals surface area contributed by atoms with Crippen LogP contribution in [-0.4, -0.2) is 58.4 Å². The molecule has 0 radical (unpaired) electrons. The number of amides is 1. The number of morpholine rings is 1. The summed E-state index contributed by atoms with van der Waals surface area (Å²) in [5.74, 6) is 0.530. The third-order valence-electron chi connectivity index (χ3n) is 5.83. The maximum Gasteiger partial charge on any atom is 0.267 e. The number of ether oxygens (including phenoxy) is 1. The molecule has 0 atom stereocenters. The number of benzene rings is 2. The van der Waals surface area contributed by atoms with Crippen molar-refractivity contribution in [2.45, 2.75) is 25.8 Å². The normalized spacial score (nSPS) is 14.9. The van der Waals surface area contributed by atoms with E-state index in [1.54, 1.807) is 11.6 Å². The van der Waals surface area contributed by atoms with E-state index >= 15 is 0 Å². The highest BCUT2D eigenvalue weighted by Crippen LogP contribution is 2.21. The molecule has 2 N–H and O–H groups in total. The zero-order chi connectivity index (χ0) is 22.2. The number of fused-ring (bicyclic) bond motifs is 1. The van der Waals surface area contributed by atoms with Crippen LogP contribution in [0.3, 0.4) is 0 Å². The zero-order valence-electron chi connectivity index (χ0n) is 18.2. The number of hydrogen-bond acceptors (Lipinski definition) is 5. The number of nitrogens with zero attached hydrogens (tertiary/aromatic N) is 3. The Morgan fingerprint density at radius 1 is 1.09 bits per heavy atom. The van der Waals surface area contributed by atoms with Crippen LogP contribution in [0.5, 0.6) is 0 Å². The van der Waals surface area contributed by atoms with Crippen molar-refractivity contribution in [3.8, 4) is 0 Å². The summed E-state index contributed by atoms with van der Waals surface area (Å²) in [4.78, 5) is 18.7. The van der Waals surface area contributed by atoms with Crippen molar-refractivity contribution in [2.24, 2.45) is 0 Å². The second-order valence-corrected chi connectivity index (χ2v) is 8.03. The standard InChI is InChI=1S/C25H30N4O3/c30-25(27-31)12-9-21-7-10-23-22(19-21)26-24(11-8-20-5-2-1-3-6-20)29(23)14-4-13-28-15-17-32-18-16-28/h1-3,5-7,9-10,12,19,31H,4,8,11,13-18H2,(H,27,30)/b12-9+. The lowest BCUT2D eigenvalue weighted by Crippen LogP contribution is -2.37. The minimum atomic E-state index is -0.553. The summed E-state index contributed by atoms with van der Waals surface area (Å²) in [6.45, 7) is 5.62. The van der Waals surface area contributed by atoms with Gasteiger partial charge in [0.15, 0.2) is 0 Å². The molecule has 1 saturated heterocycles. The van der Waals surface area contributed by atoms with E-state index in [1.807, 2.05) is 18.2 Å². The Hall–Kier alpha value is -3.00. The molecule has 3 aromatic rings. The molecule has 4 rings (SSSR count). The summed E-state index contributed by atoms with van der Waals surface area (Å²) in [7, 11) is 0. The topological polar surface area (TPSA) is 79.6 Å². The number of carbonyl (C=O) groups is 1. The fourth-order valence-corrected chi connectivity index (χ4v) is 4.13. The van der Waals surface area contributed by atoms with Crippen molar-refractivity contribution >= 4 is 23.0 Å². The molecular formula is C25H30N4O3. The third-order valence-corrected chi connectivity index (χ3v) is 5.83. The molecule has 1 aliphatic heterocycles. The quantitative estimate of drug-likeness (QED) is 0.307. The van der Waals surface area contributed by atoms with Gasteiger partial charge in [-0.25, -0.2) is 10.5 Å². The molecule has 0 aliphatic carbocycles. The van der Waals surface area contributed by atoms with Gasteiger partial charge in [0.25, 0.3) is 5.91 Å². The van der Waals surface area contributed by atoms with Gasteiger partial charge in [-0.05, 0) is 42.2 Å². The highest BCUT2D eigenvalue weighted by atomic mass is 16.5. The number of nitrogens with one attached hydrogen (secondary N) is 1. The minimum Gasteiger partial charge on any atom is -0.379 e. The lowest BCUT2D eigenvalue weighted by Gasteiger charge is -2.26. The second-order valence-electron chi connectivity index (χ2n) is 8.03. The molecule has 7 heteroatoms. The van der Waals surface area contributed by atoms with Gasteiger partial charge in [-0.1, -0.05) is 36.4 Å². The van der Waals surface area contributed by atoms with Crippen LogP contribution in [0.4, 0.5) is 0 Å². The maximum atomic E-state index is 11.3. The maximum absolute atomic E-state index is 11.3. The Morgan fingerprint density at radius 2 is 1.91 bits per heavy atom. The van der Waals surface area contributed by atoms with E-state index in [0.717, 1.165) is 81.1 Å². The summed E-state index contributed by atoms with van der Waals surface area (Å²) in [5, 5.41) is 8.68. The van der Waals surface area contributed by atoms with Gasteiger partial charge in [0.1, 0.15) is 5.82 Å². The average molecular weight is 435 g/mol. The summed E-state index contributed by atoms with van der Waals surface area (Å²) in [5.41, 5.74) is 5.82. The fraction of sp³-hybridized carbons (Fsp3) is 0.360. The first-order valence-electron chi connectivity index (χ1n) is 11.2.